The van der Waals surface area contributed by atoms with Crippen molar-refractivity contribution in [3.05, 3.63) is 112 Å². The lowest BCUT2D eigenvalue weighted by molar-refractivity contribution is -0.125. The molecule has 6 rings (SSSR count). The largest absolute Gasteiger partial charge is 0.350 e. The van der Waals surface area contributed by atoms with Crippen LogP contribution in [0.25, 0.3) is 6.08 Å². The fourth-order valence-electron chi connectivity index (χ4n) is 6.48. The summed E-state index contributed by atoms with van der Waals surface area (Å²) in [6.07, 6.45) is 15.5. The minimum absolute atomic E-state index is 0.0181. The van der Waals surface area contributed by atoms with Crippen molar-refractivity contribution in [1.82, 2.24) is 14.8 Å². The summed E-state index contributed by atoms with van der Waals surface area (Å²) in [6.45, 7) is 0. The molecule has 2 aliphatic carbocycles. The van der Waals surface area contributed by atoms with Gasteiger partial charge in [0.25, 0.3) is 5.91 Å². The molecule has 37 heavy (non-hydrogen) atoms. The van der Waals surface area contributed by atoms with Crippen molar-refractivity contribution < 1.29 is 9.59 Å². The van der Waals surface area contributed by atoms with Crippen LogP contribution in [0.1, 0.15) is 81.1 Å². The van der Waals surface area contributed by atoms with E-state index in [2.05, 4.69) is 64.7 Å². The summed E-state index contributed by atoms with van der Waals surface area (Å²) in [5.41, 5.74) is 7.32. The van der Waals surface area contributed by atoms with E-state index in [1.54, 1.807) is 4.90 Å². The van der Waals surface area contributed by atoms with Crippen molar-refractivity contribution in [2.45, 2.75) is 50.1 Å². The molecule has 3 aliphatic rings. The fraction of sp³-hybridized carbons (Fsp3) is 0.312. The Morgan fingerprint density at radius 2 is 1.73 bits per heavy atom. The Balaban J connectivity index is 1.46. The van der Waals surface area contributed by atoms with E-state index in [0.717, 1.165) is 48.9 Å². The highest BCUT2D eigenvalue weighted by Crippen LogP contribution is 2.45. The van der Waals surface area contributed by atoms with Gasteiger partial charge in [-0.05, 0) is 72.1 Å². The van der Waals surface area contributed by atoms with E-state index in [0.29, 0.717) is 5.56 Å². The number of hydrogen-bond acceptors (Lipinski definition) is 2. The van der Waals surface area contributed by atoms with Gasteiger partial charge in [-0.2, -0.15) is 0 Å². The highest BCUT2D eigenvalue weighted by molar-refractivity contribution is 6.01. The Morgan fingerprint density at radius 1 is 0.946 bits per heavy atom. The second kappa shape index (κ2) is 9.55. The van der Waals surface area contributed by atoms with Crippen molar-refractivity contribution in [2.75, 3.05) is 7.05 Å². The van der Waals surface area contributed by atoms with E-state index in [-0.39, 0.29) is 17.9 Å². The second-order valence-electron chi connectivity index (χ2n) is 10.5. The summed E-state index contributed by atoms with van der Waals surface area (Å²) in [5.74, 6) is -0.562. The number of benzene rings is 2. The molecule has 1 aliphatic heterocycles. The molecular formula is C32H33N3O2. The van der Waals surface area contributed by atoms with Gasteiger partial charge < -0.3 is 14.8 Å². The third-order valence-corrected chi connectivity index (χ3v) is 8.27. The highest BCUT2D eigenvalue weighted by atomic mass is 16.2. The van der Waals surface area contributed by atoms with Crippen LogP contribution >= 0.6 is 0 Å². The number of nitrogens with one attached hydrogen (secondary N) is 1. The number of fused-ring (bicyclic) bond motifs is 3. The molecule has 3 aromatic rings. The molecule has 5 nitrogen and oxygen atoms in total. The maximum Gasteiger partial charge on any atom is 0.254 e. The van der Waals surface area contributed by atoms with Gasteiger partial charge in [-0.1, -0.05) is 60.7 Å². The first kappa shape index (κ1) is 23.5. The zero-order valence-corrected chi connectivity index (χ0v) is 21.5. The monoisotopic (exact) mass is 491 g/mol. The number of carbonyl (C=O) groups excluding carboxylic acids is 2. The van der Waals surface area contributed by atoms with Gasteiger partial charge in [0, 0.05) is 31.5 Å². The predicted octanol–water partition coefficient (Wildman–Crippen LogP) is 5.65. The third-order valence-electron chi connectivity index (χ3n) is 8.27. The van der Waals surface area contributed by atoms with Crippen molar-refractivity contribution >= 4 is 17.9 Å². The molecule has 188 valence electrons. The lowest BCUT2D eigenvalue weighted by atomic mass is 9.78. The van der Waals surface area contributed by atoms with Crippen LogP contribution in [0.2, 0.25) is 0 Å². The van der Waals surface area contributed by atoms with Crippen LogP contribution in [0.3, 0.4) is 0 Å². The summed E-state index contributed by atoms with van der Waals surface area (Å²) in [6, 6.07) is 15.6. The minimum atomic E-state index is -0.502. The van der Waals surface area contributed by atoms with E-state index < -0.39 is 12.0 Å². The smallest absolute Gasteiger partial charge is 0.254 e. The van der Waals surface area contributed by atoms with E-state index in [1.165, 1.54) is 16.7 Å². The number of amides is 2. The van der Waals surface area contributed by atoms with Gasteiger partial charge in [-0.3, -0.25) is 9.59 Å². The average molecular weight is 492 g/mol. The third kappa shape index (κ3) is 4.03. The molecule has 0 saturated heterocycles. The Morgan fingerprint density at radius 3 is 2.59 bits per heavy atom. The van der Waals surface area contributed by atoms with E-state index in [4.69, 9.17) is 0 Å². The summed E-state index contributed by atoms with van der Waals surface area (Å²) in [4.78, 5) is 29.6. The number of hydrogen-bond donors (Lipinski definition) is 1. The number of aromatic nitrogens is 1. The van der Waals surface area contributed by atoms with Crippen LogP contribution in [0.5, 0.6) is 0 Å². The molecule has 2 aromatic carbocycles. The molecule has 0 saturated carbocycles. The van der Waals surface area contributed by atoms with Crippen molar-refractivity contribution in [1.29, 1.82) is 0 Å². The second-order valence-corrected chi connectivity index (χ2v) is 10.5. The standard InChI is InChI=1S/C32H33N3O2/c1-34-20-26(23-15-5-3-4-6-19-28(23)34)30-29(24-16-9-10-17-25(24)32(37)35(30)2)31(36)33-27-18-11-13-21-12-7-8-14-22(21)27/h3,5-10,12,14,16-17,19-20,27,29-30H,4,11,13,15,18H2,1-2H3,(H,33,36)/b5-3-,19-6?. The fourth-order valence-corrected chi connectivity index (χ4v) is 6.48. The Kier molecular flexibility index (Phi) is 6.07. The first-order valence-corrected chi connectivity index (χ1v) is 13.3. The summed E-state index contributed by atoms with van der Waals surface area (Å²) >= 11 is 0. The highest BCUT2D eigenvalue weighted by Gasteiger charge is 2.44. The van der Waals surface area contributed by atoms with Gasteiger partial charge in [-0.15, -0.1) is 0 Å². The quantitative estimate of drug-likeness (QED) is 0.482. The number of allylic oxidation sites excluding steroid dienone is 3. The molecule has 0 radical (unpaired) electrons. The van der Waals surface area contributed by atoms with Crippen LogP contribution in [-0.2, 0) is 24.7 Å². The Bertz CT molecular complexity index is 1430. The Labute approximate surface area is 218 Å². The zero-order chi connectivity index (χ0) is 25.5. The molecule has 0 bridgehead atoms. The van der Waals surface area contributed by atoms with Crippen molar-refractivity contribution in [3.8, 4) is 0 Å². The van der Waals surface area contributed by atoms with E-state index >= 15 is 0 Å². The lowest BCUT2D eigenvalue weighted by Crippen LogP contribution is -2.46. The lowest BCUT2D eigenvalue weighted by Gasteiger charge is -2.40. The van der Waals surface area contributed by atoms with Crippen LogP contribution in [0.15, 0.2) is 73.0 Å². The van der Waals surface area contributed by atoms with Gasteiger partial charge in [-0.25, -0.2) is 0 Å². The van der Waals surface area contributed by atoms with Gasteiger partial charge in [0.05, 0.1) is 18.0 Å². The normalized spacial score (nSPS) is 23.4. The molecule has 3 unspecified atom stereocenters. The van der Waals surface area contributed by atoms with Gasteiger partial charge in [0.2, 0.25) is 5.91 Å². The topological polar surface area (TPSA) is 54.3 Å². The van der Waals surface area contributed by atoms with Crippen molar-refractivity contribution in [3.63, 3.8) is 0 Å². The number of rotatable bonds is 3. The average Bonchev–Trinajstić information content (AvgIpc) is 3.19. The predicted molar refractivity (Wildman–Crippen MR) is 146 cm³/mol. The first-order valence-electron chi connectivity index (χ1n) is 13.3. The van der Waals surface area contributed by atoms with E-state index in [9.17, 15) is 9.59 Å². The van der Waals surface area contributed by atoms with E-state index in [1.807, 2.05) is 38.4 Å². The maximum atomic E-state index is 14.3. The number of likely N-dealkylation sites (N-methyl/N-ethyl adjacent to an activating group) is 1. The molecule has 0 spiro atoms. The van der Waals surface area contributed by atoms with Crippen LogP contribution < -0.4 is 5.32 Å². The number of nitrogens with zero attached hydrogens (tertiary/aromatic N) is 2. The van der Waals surface area contributed by atoms with Crippen LogP contribution in [-0.4, -0.2) is 28.3 Å². The van der Waals surface area contributed by atoms with Crippen LogP contribution in [0.4, 0.5) is 0 Å². The van der Waals surface area contributed by atoms with Gasteiger partial charge >= 0.3 is 0 Å². The molecule has 1 aromatic heterocycles. The summed E-state index contributed by atoms with van der Waals surface area (Å²) in [7, 11) is 3.89. The number of carbonyl (C=O) groups is 2. The molecule has 0 fully saturated rings. The van der Waals surface area contributed by atoms with Gasteiger partial charge in [0.1, 0.15) is 0 Å². The molecule has 2 amide bonds. The molecule has 5 heteroatoms. The summed E-state index contributed by atoms with van der Waals surface area (Å²) in [5, 5.41) is 3.42. The Hall–Kier alpha value is -3.86. The van der Waals surface area contributed by atoms with Crippen LogP contribution in [0, 0.1) is 0 Å². The molecule has 3 atom stereocenters. The SMILES string of the molecule is CN1C(=O)c2ccccc2C(C(=O)NC2CCCc3ccccc32)C1c1cn(C)c2c1C/C=C\CC=C2. The molecular weight excluding hydrogens is 458 g/mol. The minimum Gasteiger partial charge on any atom is -0.350 e. The summed E-state index contributed by atoms with van der Waals surface area (Å²) < 4.78 is 2.13. The molecule has 2 heterocycles. The first-order chi connectivity index (χ1) is 18.0. The molecule has 1 N–H and O–H groups in total. The van der Waals surface area contributed by atoms with Gasteiger partial charge in [0.15, 0.2) is 0 Å². The zero-order valence-electron chi connectivity index (χ0n) is 21.5. The van der Waals surface area contributed by atoms with Crippen molar-refractivity contribution in [2.24, 2.45) is 7.05 Å². The maximum absolute atomic E-state index is 14.3. The number of aryl methyl sites for hydroxylation is 2.